The molecule has 0 bridgehead atoms. The summed E-state index contributed by atoms with van der Waals surface area (Å²) in [5.74, 6) is 0. The fraction of sp³-hybridized carbons (Fsp3) is 0. The highest BCUT2D eigenvalue weighted by Gasteiger charge is 2.21. The Morgan fingerprint density at radius 2 is 0.827 bits per heavy atom. The van der Waals surface area contributed by atoms with E-state index in [1.165, 1.54) is 57.2 Å². The largest absolute Gasteiger partial charge is 0.310 e. The van der Waals surface area contributed by atoms with Gasteiger partial charge in [-0.1, -0.05) is 109 Å². The smallest absolute Gasteiger partial charge is 0.0555 e. The van der Waals surface area contributed by atoms with Crippen molar-refractivity contribution in [2.24, 2.45) is 0 Å². The highest BCUT2D eigenvalue weighted by Crippen LogP contribution is 2.48. The van der Waals surface area contributed by atoms with Crippen LogP contribution in [-0.2, 0) is 0 Å². The fourth-order valence-electron chi connectivity index (χ4n) is 7.47. The second-order valence-corrected chi connectivity index (χ2v) is 15.1. The van der Waals surface area contributed by atoms with Crippen LogP contribution in [0.4, 0.5) is 34.1 Å². The van der Waals surface area contributed by atoms with E-state index in [2.05, 4.69) is 204 Å². The quantitative estimate of drug-likeness (QED) is 0.163. The zero-order valence-electron chi connectivity index (χ0n) is 28.2. The third-order valence-corrected chi connectivity index (χ3v) is 12.2. The molecule has 0 saturated heterocycles. The van der Waals surface area contributed by atoms with Gasteiger partial charge in [0.15, 0.2) is 0 Å². The average Bonchev–Trinajstić information content (AvgIpc) is 3.79. The van der Waals surface area contributed by atoms with Gasteiger partial charge in [0.25, 0.3) is 0 Å². The predicted molar refractivity (Wildman–Crippen MR) is 227 cm³/mol. The van der Waals surface area contributed by atoms with Crippen LogP contribution in [0.1, 0.15) is 0 Å². The van der Waals surface area contributed by atoms with E-state index < -0.39 is 0 Å². The van der Waals surface area contributed by atoms with Gasteiger partial charge in [0, 0.05) is 68.8 Å². The van der Waals surface area contributed by atoms with Gasteiger partial charge in [-0.25, -0.2) is 0 Å². The number of fused-ring (bicyclic) bond motifs is 6. The Bertz CT molecular complexity index is 2800. The molecule has 10 aromatic rings. The number of hydrogen-bond donors (Lipinski definition) is 0. The van der Waals surface area contributed by atoms with E-state index >= 15 is 0 Å². The van der Waals surface area contributed by atoms with Crippen LogP contribution in [0, 0.1) is 0 Å². The summed E-state index contributed by atoms with van der Waals surface area (Å²) < 4.78 is 5.20. The zero-order chi connectivity index (χ0) is 34.4. The van der Waals surface area contributed by atoms with E-state index in [4.69, 9.17) is 0 Å². The summed E-state index contributed by atoms with van der Waals surface area (Å²) in [4.78, 5) is 4.75. The summed E-state index contributed by atoms with van der Waals surface area (Å²) in [6.45, 7) is 0. The molecule has 0 spiro atoms. The van der Waals surface area contributed by atoms with E-state index in [1.54, 1.807) is 0 Å². The first-order valence-corrected chi connectivity index (χ1v) is 19.1. The third-order valence-electron chi connectivity index (χ3n) is 9.84. The second-order valence-electron chi connectivity index (χ2n) is 12.9. The van der Waals surface area contributed by atoms with Crippen LogP contribution in [0.25, 0.3) is 51.5 Å². The Hall–Kier alpha value is -6.20. The van der Waals surface area contributed by atoms with Gasteiger partial charge in [0.1, 0.15) is 0 Å². The van der Waals surface area contributed by atoms with Crippen LogP contribution in [0.2, 0.25) is 0 Å². The molecule has 4 heteroatoms. The Balaban J connectivity index is 1.12. The van der Waals surface area contributed by atoms with Gasteiger partial charge in [-0.3, -0.25) is 0 Å². The molecule has 0 N–H and O–H groups in total. The lowest BCUT2D eigenvalue weighted by atomic mass is 9.99. The minimum absolute atomic E-state index is 1.12. The number of anilines is 6. The Kier molecular flexibility index (Phi) is 7.56. The summed E-state index contributed by atoms with van der Waals surface area (Å²) in [6.07, 6.45) is 0. The normalized spacial score (nSPS) is 11.5. The predicted octanol–water partition coefficient (Wildman–Crippen LogP) is 15.0. The van der Waals surface area contributed by atoms with Crippen LogP contribution in [0.3, 0.4) is 0 Å². The molecule has 8 aromatic carbocycles. The lowest BCUT2D eigenvalue weighted by Crippen LogP contribution is -2.10. The van der Waals surface area contributed by atoms with Crippen molar-refractivity contribution in [3.63, 3.8) is 0 Å². The first kappa shape index (κ1) is 30.6. The summed E-state index contributed by atoms with van der Waals surface area (Å²) in [7, 11) is 0. The molecule has 0 unspecified atom stereocenters. The van der Waals surface area contributed by atoms with Crippen LogP contribution < -0.4 is 9.80 Å². The van der Waals surface area contributed by atoms with Gasteiger partial charge in [-0.2, -0.15) is 0 Å². The van der Waals surface area contributed by atoms with Crippen LogP contribution in [0.5, 0.6) is 0 Å². The Morgan fingerprint density at radius 1 is 0.327 bits per heavy atom. The van der Waals surface area contributed by atoms with Gasteiger partial charge < -0.3 is 9.80 Å². The maximum absolute atomic E-state index is 2.39. The number of rotatable bonds is 7. The van der Waals surface area contributed by atoms with Crippen molar-refractivity contribution in [2.45, 2.75) is 0 Å². The molecule has 10 rings (SSSR count). The third kappa shape index (κ3) is 5.24. The molecule has 2 heterocycles. The molecule has 0 amide bonds. The van der Waals surface area contributed by atoms with Crippen LogP contribution in [0.15, 0.2) is 194 Å². The number of para-hydroxylation sites is 3. The molecule has 2 aromatic heterocycles. The van der Waals surface area contributed by atoms with Gasteiger partial charge in [-0.15, -0.1) is 22.7 Å². The molecular weight excluding hydrogens is 669 g/mol. The Labute approximate surface area is 310 Å². The van der Waals surface area contributed by atoms with Gasteiger partial charge in [-0.05, 0) is 96.1 Å². The van der Waals surface area contributed by atoms with Crippen molar-refractivity contribution in [3.8, 4) is 11.1 Å². The van der Waals surface area contributed by atoms with Gasteiger partial charge in [0.2, 0.25) is 0 Å². The number of thiophene rings is 2. The van der Waals surface area contributed by atoms with Gasteiger partial charge in [0.05, 0.1) is 5.69 Å². The molecule has 0 radical (unpaired) electrons. The second kappa shape index (κ2) is 12.8. The highest BCUT2D eigenvalue weighted by atomic mass is 32.1. The van der Waals surface area contributed by atoms with Crippen molar-refractivity contribution >= 4 is 97.1 Å². The summed E-state index contributed by atoms with van der Waals surface area (Å²) in [6, 6.07) is 70.2. The highest BCUT2D eigenvalue weighted by molar-refractivity contribution is 7.26. The van der Waals surface area contributed by atoms with Crippen molar-refractivity contribution in [3.05, 3.63) is 194 Å². The molecule has 0 aliphatic carbocycles. The number of nitrogens with zero attached hydrogens (tertiary/aromatic N) is 2. The van der Waals surface area contributed by atoms with E-state index in [-0.39, 0.29) is 0 Å². The monoisotopic (exact) mass is 700 g/mol. The maximum Gasteiger partial charge on any atom is 0.0555 e. The molecule has 0 fully saturated rings. The fourth-order valence-corrected chi connectivity index (χ4v) is 9.82. The minimum Gasteiger partial charge on any atom is -0.310 e. The molecule has 246 valence electrons. The van der Waals surface area contributed by atoms with Crippen LogP contribution >= 0.6 is 22.7 Å². The van der Waals surface area contributed by atoms with E-state index in [0.717, 1.165) is 28.4 Å². The summed E-state index contributed by atoms with van der Waals surface area (Å²) in [5.41, 5.74) is 9.29. The maximum atomic E-state index is 2.39. The first-order chi connectivity index (χ1) is 25.8. The first-order valence-electron chi connectivity index (χ1n) is 17.5. The van der Waals surface area contributed by atoms with Crippen molar-refractivity contribution in [1.29, 1.82) is 0 Å². The number of hydrogen-bond acceptors (Lipinski definition) is 4. The lowest BCUT2D eigenvalue weighted by Gasteiger charge is -2.27. The molecule has 2 nitrogen and oxygen atoms in total. The van der Waals surface area contributed by atoms with Crippen molar-refractivity contribution in [2.75, 3.05) is 9.80 Å². The average molecular weight is 701 g/mol. The molecule has 52 heavy (non-hydrogen) atoms. The molecule has 0 aliphatic rings. The summed E-state index contributed by atoms with van der Waals surface area (Å²) >= 11 is 3.73. The van der Waals surface area contributed by atoms with Crippen LogP contribution in [-0.4, -0.2) is 0 Å². The van der Waals surface area contributed by atoms with Gasteiger partial charge >= 0.3 is 0 Å². The number of benzene rings is 8. The Morgan fingerprint density at radius 3 is 1.48 bits per heavy atom. The topological polar surface area (TPSA) is 6.48 Å². The minimum atomic E-state index is 1.12. The molecular formula is C48H32N2S2. The van der Waals surface area contributed by atoms with Crippen molar-refractivity contribution < 1.29 is 0 Å². The lowest BCUT2D eigenvalue weighted by molar-refractivity contribution is 1.29. The zero-order valence-corrected chi connectivity index (χ0v) is 29.8. The molecule has 0 saturated carbocycles. The van der Waals surface area contributed by atoms with Crippen molar-refractivity contribution in [1.82, 2.24) is 0 Å². The molecule has 0 aliphatic heterocycles. The summed E-state index contributed by atoms with van der Waals surface area (Å²) in [5, 5.41) is 5.15. The van der Waals surface area contributed by atoms with E-state index in [0.29, 0.717) is 0 Å². The SMILES string of the molecule is c1ccc(N(c2ccc(-c3ccc(N(c4ccccc4)c4ccccc4)c4c3sc3ccccc34)cc2)c2ccc3sc4ccccc4c3c2)cc1. The van der Waals surface area contributed by atoms with E-state index in [9.17, 15) is 0 Å². The standard InChI is InChI=1S/C48H32N2S2/c1-4-14-34(15-5-1)49(38-28-31-46-42(32-38)40-20-10-12-22-44(40)51-46)37-26-24-33(25-27-37)39-29-30-43(47-41-21-11-13-23-45(41)52-48(39)47)50(35-16-6-2-7-17-35)36-18-8-3-9-19-36/h1-32H. The molecule has 0 atom stereocenters. The van der Waals surface area contributed by atoms with E-state index in [1.807, 2.05) is 22.7 Å².